The molecule has 0 saturated carbocycles. The SMILES string of the molecule is CCNC(C)c1ccc(F)c(-c2ccccc2)c1. The van der Waals surface area contributed by atoms with Crippen molar-refractivity contribution in [1.82, 2.24) is 5.32 Å². The Balaban J connectivity index is 2.39. The second kappa shape index (κ2) is 5.78. The number of halogens is 1. The third kappa shape index (κ3) is 2.77. The smallest absolute Gasteiger partial charge is 0.131 e. The fourth-order valence-corrected chi connectivity index (χ4v) is 2.08. The zero-order valence-electron chi connectivity index (χ0n) is 10.8. The van der Waals surface area contributed by atoms with Gasteiger partial charge in [-0.2, -0.15) is 0 Å². The molecular formula is C16H18FN. The van der Waals surface area contributed by atoms with Crippen LogP contribution in [0.4, 0.5) is 4.39 Å². The van der Waals surface area contributed by atoms with Crippen molar-refractivity contribution in [2.24, 2.45) is 0 Å². The zero-order valence-corrected chi connectivity index (χ0v) is 10.8. The van der Waals surface area contributed by atoms with Crippen LogP contribution in [-0.4, -0.2) is 6.54 Å². The average molecular weight is 243 g/mol. The number of rotatable bonds is 4. The fourth-order valence-electron chi connectivity index (χ4n) is 2.08. The summed E-state index contributed by atoms with van der Waals surface area (Å²) >= 11 is 0. The molecule has 0 aliphatic heterocycles. The minimum absolute atomic E-state index is 0.173. The molecule has 0 saturated heterocycles. The molecule has 1 nitrogen and oxygen atoms in total. The van der Waals surface area contributed by atoms with E-state index >= 15 is 0 Å². The molecule has 1 atom stereocenters. The highest BCUT2D eigenvalue weighted by molar-refractivity contribution is 5.64. The summed E-state index contributed by atoms with van der Waals surface area (Å²) in [6.07, 6.45) is 0. The van der Waals surface area contributed by atoms with Crippen LogP contribution in [-0.2, 0) is 0 Å². The van der Waals surface area contributed by atoms with Crippen LogP contribution in [0.2, 0.25) is 0 Å². The Kier molecular flexibility index (Phi) is 4.11. The van der Waals surface area contributed by atoms with E-state index in [1.165, 1.54) is 0 Å². The molecule has 0 spiro atoms. The molecule has 2 heteroatoms. The van der Waals surface area contributed by atoms with Crippen LogP contribution in [0.1, 0.15) is 25.5 Å². The molecule has 18 heavy (non-hydrogen) atoms. The van der Waals surface area contributed by atoms with E-state index in [9.17, 15) is 4.39 Å². The first kappa shape index (κ1) is 12.8. The molecule has 1 unspecified atom stereocenters. The van der Waals surface area contributed by atoms with E-state index in [4.69, 9.17) is 0 Å². The van der Waals surface area contributed by atoms with Gasteiger partial charge in [-0.1, -0.05) is 43.3 Å². The van der Waals surface area contributed by atoms with Gasteiger partial charge >= 0.3 is 0 Å². The van der Waals surface area contributed by atoms with E-state index in [0.29, 0.717) is 5.56 Å². The van der Waals surface area contributed by atoms with Gasteiger partial charge in [0.25, 0.3) is 0 Å². The first-order valence-electron chi connectivity index (χ1n) is 6.30. The molecule has 2 aromatic carbocycles. The molecule has 0 aliphatic carbocycles. The van der Waals surface area contributed by atoms with Crippen molar-refractivity contribution in [2.45, 2.75) is 19.9 Å². The van der Waals surface area contributed by atoms with Crippen molar-refractivity contribution in [1.29, 1.82) is 0 Å². The lowest BCUT2D eigenvalue weighted by Crippen LogP contribution is -2.17. The van der Waals surface area contributed by atoms with Gasteiger partial charge in [0, 0.05) is 11.6 Å². The van der Waals surface area contributed by atoms with Gasteiger partial charge in [0.2, 0.25) is 0 Å². The molecule has 0 radical (unpaired) electrons. The van der Waals surface area contributed by atoms with Crippen molar-refractivity contribution in [3.05, 3.63) is 59.9 Å². The molecule has 0 amide bonds. The van der Waals surface area contributed by atoms with Crippen molar-refractivity contribution in [2.75, 3.05) is 6.54 Å². The largest absolute Gasteiger partial charge is 0.310 e. The first-order valence-corrected chi connectivity index (χ1v) is 6.30. The van der Waals surface area contributed by atoms with Crippen LogP contribution in [0, 0.1) is 5.82 Å². The maximum atomic E-state index is 13.9. The lowest BCUT2D eigenvalue weighted by atomic mass is 9.99. The summed E-state index contributed by atoms with van der Waals surface area (Å²) in [6, 6.07) is 15.2. The highest BCUT2D eigenvalue weighted by atomic mass is 19.1. The monoisotopic (exact) mass is 243 g/mol. The third-order valence-corrected chi connectivity index (χ3v) is 3.09. The minimum atomic E-state index is -0.173. The standard InChI is InChI=1S/C16H18FN/c1-3-18-12(2)14-9-10-16(17)15(11-14)13-7-5-4-6-8-13/h4-12,18H,3H2,1-2H3. The van der Waals surface area contributed by atoms with Gasteiger partial charge < -0.3 is 5.32 Å². The molecule has 0 aliphatic rings. The topological polar surface area (TPSA) is 12.0 Å². The Morgan fingerprint density at radius 2 is 1.83 bits per heavy atom. The molecule has 1 N–H and O–H groups in total. The zero-order chi connectivity index (χ0) is 13.0. The van der Waals surface area contributed by atoms with Crippen LogP contribution in [0.5, 0.6) is 0 Å². The van der Waals surface area contributed by atoms with Crippen LogP contribution in [0.25, 0.3) is 11.1 Å². The number of benzene rings is 2. The molecule has 2 aromatic rings. The maximum Gasteiger partial charge on any atom is 0.131 e. The highest BCUT2D eigenvalue weighted by Crippen LogP contribution is 2.26. The Morgan fingerprint density at radius 1 is 1.11 bits per heavy atom. The van der Waals surface area contributed by atoms with Crippen LogP contribution in [0.3, 0.4) is 0 Å². The lowest BCUT2D eigenvalue weighted by Gasteiger charge is -2.14. The van der Waals surface area contributed by atoms with Gasteiger partial charge in [-0.3, -0.25) is 0 Å². The number of hydrogen-bond donors (Lipinski definition) is 1. The van der Waals surface area contributed by atoms with Gasteiger partial charge in [-0.15, -0.1) is 0 Å². The van der Waals surface area contributed by atoms with Crippen molar-refractivity contribution < 1.29 is 4.39 Å². The summed E-state index contributed by atoms with van der Waals surface area (Å²) < 4.78 is 13.9. The summed E-state index contributed by atoms with van der Waals surface area (Å²) in [7, 11) is 0. The Hall–Kier alpha value is -1.67. The minimum Gasteiger partial charge on any atom is -0.310 e. The Morgan fingerprint density at radius 3 is 2.50 bits per heavy atom. The van der Waals surface area contributed by atoms with Crippen LogP contribution in [0.15, 0.2) is 48.5 Å². The lowest BCUT2D eigenvalue weighted by molar-refractivity contribution is 0.593. The van der Waals surface area contributed by atoms with Gasteiger partial charge in [-0.05, 0) is 36.7 Å². The quantitative estimate of drug-likeness (QED) is 0.850. The highest BCUT2D eigenvalue weighted by Gasteiger charge is 2.09. The van der Waals surface area contributed by atoms with Crippen molar-refractivity contribution in [3.63, 3.8) is 0 Å². The van der Waals surface area contributed by atoms with E-state index < -0.39 is 0 Å². The molecule has 0 aromatic heterocycles. The summed E-state index contributed by atoms with van der Waals surface area (Å²) in [5, 5.41) is 3.34. The van der Waals surface area contributed by atoms with Crippen molar-refractivity contribution in [3.8, 4) is 11.1 Å². The summed E-state index contributed by atoms with van der Waals surface area (Å²) in [5.74, 6) is -0.173. The summed E-state index contributed by atoms with van der Waals surface area (Å²) in [6.45, 7) is 5.06. The predicted molar refractivity (Wildman–Crippen MR) is 73.9 cm³/mol. The molecule has 0 bridgehead atoms. The second-order valence-corrected chi connectivity index (χ2v) is 4.38. The second-order valence-electron chi connectivity index (χ2n) is 4.38. The van der Waals surface area contributed by atoms with Crippen molar-refractivity contribution >= 4 is 0 Å². The number of hydrogen-bond acceptors (Lipinski definition) is 1. The molecule has 0 heterocycles. The maximum absolute atomic E-state index is 13.9. The third-order valence-electron chi connectivity index (χ3n) is 3.09. The van der Waals surface area contributed by atoms with E-state index in [2.05, 4.69) is 19.2 Å². The molecule has 0 fully saturated rings. The summed E-state index contributed by atoms with van der Waals surface area (Å²) in [5.41, 5.74) is 2.69. The van der Waals surface area contributed by atoms with Gasteiger partial charge in [-0.25, -0.2) is 4.39 Å². The first-order chi connectivity index (χ1) is 8.72. The van der Waals surface area contributed by atoms with E-state index in [-0.39, 0.29) is 11.9 Å². The molecule has 94 valence electrons. The van der Waals surface area contributed by atoms with Crippen LogP contribution < -0.4 is 5.32 Å². The Labute approximate surface area is 108 Å². The van der Waals surface area contributed by atoms with E-state index in [1.54, 1.807) is 6.07 Å². The number of nitrogens with one attached hydrogen (secondary N) is 1. The average Bonchev–Trinajstić information content (AvgIpc) is 2.40. The molecular weight excluding hydrogens is 225 g/mol. The van der Waals surface area contributed by atoms with Gasteiger partial charge in [0.15, 0.2) is 0 Å². The van der Waals surface area contributed by atoms with Gasteiger partial charge in [0.05, 0.1) is 0 Å². The van der Waals surface area contributed by atoms with Gasteiger partial charge in [0.1, 0.15) is 5.82 Å². The van der Waals surface area contributed by atoms with E-state index in [0.717, 1.165) is 17.7 Å². The Bertz CT molecular complexity index is 508. The predicted octanol–water partition coefficient (Wildman–Crippen LogP) is 4.16. The van der Waals surface area contributed by atoms with Crippen LogP contribution >= 0.6 is 0 Å². The normalized spacial score (nSPS) is 12.4. The van der Waals surface area contributed by atoms with E-state index in [1.807, 2.05) is 42.5 Å². The fraction of sp³-hybridized carbons (Fsp3) is 0.250. The molecule has 2 rings (SSSR count). The summed E-state index contributed by atoms with van der Waals surface area (Å²) in [4.78, 5) is 0.